The SMILES string of the molecule is Cl.N#Cc1cc(Cc2ccnc(-c3ccc(C(N)=O)cc3)c2)cc(F)c1F. The summed E-state index contributed by atoms with van der Waals surface area (Å²) in [6, 6.07) is 14.3. The molecule has 0 aliphatic carbocycles. The van der Waals surface area contributed by atoms with Gasteiger partial charge in [0.1, 0.15) is 6.07 Å². The number of nitrogens with two attached hydrogens (primary N) is 1. The van der Waals surface area contributed by atoms with E-state index in [9.17, 15) is 13.6 Å². The molecule has 0 saturated heterocycles. The standard InChI is InChI=1S/C20H13F2N3O.ClH/c21-17-9-13(8-16(11-23)19(17)22)7-12-5-6-25-18(10-12)14-1-3-15(4-2-14)20(24)26;/h1-6,8-10H,7H2,(H2,24,26);1H. The van der Waals surface area contributed by atoms with Gasteiger partial charge in [0.15, 0.2) is 11.6 Å². The molecule has 0 fully saturated rings. The summed E-state index contributed by atoms with van der Waals surface area (Å²) in [6.07, 6.45) is 1.93. The maximum Gasteiger partial charge on any atom is 0.248 e. The molecule has 0 aliphatic heterocycles. The third-order valence-electron chi connectivity index (χ3n) is 3.91. The van der Waals surface area contributed by atoms with E-state index in [2.05, 4.69) is 4.98 Å². The van der Waals surface area contributed by atoms with Gasteiger partial charge in [0.05, 0.1) is 11.3 Å². The van der Waals surface area contributed by atoms with Crippen molar-refractivity contribution in [3.05, 3.63) is 88.6 Å². The van der Waals surface area contributed by atoms with E-state index in [1.807, 2.05) is 6.07 Å². The molecule has 3 rings (SSSR count). The van der Waals surface area contributed by atoms with E-state index < -0.39 is 17.5 Å². The van der Waals surface area contributed by atoms with Gasteiger partial charge in [-0.1, -0.05) is 12.1 Å². The second-order valence-corrected chi connectivity index (χ2v) is 5.72. The van der Waals surface area contributed by atoms with Crippen molar-refractivity contribution in [2.75, 3.05) is 0 Å². The second kappa shape index (κ2) is 8.39. The zero-order valence-electron chi connectivity index (χ0n) is 13.9. The Bertz CT molecular complexity index is 1030. The van der Waals surface area contributed by atoms with Crippen LogP contribution in [0.2, 0.25) is 0 Å². The minimum atomic E-state index is -1.14. The molecule has 2 N–H and O–H groups in total. The van der Waals surface area contributed by atoms with Gasteiger partial charge in [-0.2, -0.15) is 5.26 Å². The first-order valence-corrected chi connectivity index (χ1v) is 7.71. The van der Waals surface area contributed by atoms with Crippen LogP contribution in [0.25, 0.3) is 11.3 Å². The summed E-state index contributed by atoms with van der Waals surface area (Å²) < 4.78 is 27.1. The number of nitriles is 1. The Morgan fingerprint density at radius 2 is 1.78 bits per heavy atom. The molecule has 27 heavy (non-hydrogen) atoms. The lowest BCUT2D eigenvalue weighted by atomic mass is 10.0. The molecule has 0 aliphatic rings. The van der Waals surface area contributed by atoms with Crippen molar-refractivity contribution in [3.8, 4) is 17.3 Å². The Balaban J connectivity index is 0.00000261. The van der Waals surface area contributed by atoms with Crippen molar-refractivity contribution in [2.24, 2.45) is 5.73 Å². The molecule has 0 saturated carbocycles. The monoisotopic (exact) mass is 385 g/mol. The number of amides is 1. The first-order chi connectivity index (χ1) is 12.5. The smallest absolute Gasteiger partial charge is 0.248 e. The molecular weight excluding hydrogens is 372 g/mol. The Hall–Kier alpha value is -3.30. The molecule has 1 heterocycles. The van der Waals surface area contributed by atoms with Crippen LogP contribution >= 0.6 is 12.4 Å². The van der Waals surface area contributed by atoms with E-state index in [0.717, 1.165) is 17.2 Å². The second-order valence-electron chi connectivity index (χ2n) is 5.72. The molecular formula is C20H14ClF2N3O. The van der Waals surface area contributed by atoms with Crippen LogP contribution in [0.4, 0.5) is 8.78 Å². The number of aromatic nitrogens is 1. The molecule has 1 aromatic heterocycles. The van der Waals surface area contributed by atoms with Crippen LogP contribution in [-0.2, 0) is 6.42 Å². The van der Waals surface area contributed by atoms with E-state index in [1.54, 1.807) is 42.6 Å². The first kappa shape index (κ1) is 20.0. The van der Waals surface area contributed by atoms with Crippen LogP contribution in [-0.4, -0.2) is 10.9 Å². The number of carbonyl (C=O) groups is 1. The normalized spacial score (nSPS) is 9.96. The summed E-state index contributed by atoms with van der Waals surface area (Å²) in [6.45, 7) is 0. The number of hydrogen-bond acceptors (Lipinski definition) is 3. The van der Waals surface area contributed by atoms with Gasteiger partial charge >= 0.3 is 0 Å². The average Bonchev–Trinajstić information content (AvgIpc) is 2.65. The van der Waals surface area contributed by atoms with Crippen molar-refractivity contribution in [1.29, 1.82) is 5.26 Å². The molecule has 136 valence electrons. The first-order valence-electron chi connectivity index (χ1n) is 7.71. The highest BCUT2D eigenvalue weighted by atomic mass is 35.5. The summed E-state index contributed by atoms with van der Waals surface area (Å²) in [5.74, 6) is -2.69. The number of hydrogen-bond donors (Lipinski definition) is 1. The highest BCUT2D eigenvalue weighted by molar-refractivity contribution is 5.93. The predicted molar refractivity (Wildman–Crippen MR) is 99.3 cm³/mol. The van der Waals surface area contributed by atoms with Gasteiger partial charge < -0.3 is 5.73 Å². The van der Waals surface area contributed by atoms with E-state index in [0.29, 0.717) is 23.2 Å². The lowest BCUT2D eigenvalue weighted by molar-refractivity contribution is 0.100. The van der Waals surface area contributed by atoms with Crippen molar-refractivity contribution in [3.63, 3.8) is 0 Å². The van der Waals surface area contributed by atoms with Gasteiger partial charge in [-0.25, -0.2) is 8.78 Å². The summed E-state index contributed by atoms with van der Waals surface area (Å²) in [4.78, 5) is 15.4. The fraction of sp³-hybridized carbons (Fsp3) is 0.0500. The topological polar surface area (TPSA) is 79.8 Å². The predicted octanol–water partition coefficient (Wildman–Crippen LogP) is 4.01. The maximum atomic E-state index is 13.6. The summed E-state index contributed by atoms with van der Waals surface area (Å²) >= 11 is 0. The van der Waals surface area contributed by atoms with Crippen LogP contribution in [0.15, 0.2) is 54.7 Å². The van der Waals surface area contributed by atoms with Crippen LogP contribution in [0.1, 0.15) is 27.0 Å². The zero-order valence-corrected chi connectivity index (χ0v) is 14.8. The molecule has 3 aromatic rings. The third kappa shape index (κ3) is 4.46. The van der Waals surface area contributed by atoms with E-state index in [4.69, 9.17) is 11.0 Å². The van der Waals surface area contributed by atoms with Crippen LogP contribution in [0.3, 0.4) is 0 Å². The van der Waals surface area contributed by atoms with Gasteiger partial charge in [0.25, 0.3) is 0 Å². The van der Waals surface area contributed by atoms with Gasteiger partial charge in [0, 0.05) is 17.3 Å². The minimum Gasteiger partial charge on any atom is -0.366 e. The largest absolute Gasteiger partial charge is 0.366 e. The van der Waals surface area contributed by atoms with Gasteiger partial charge in [-0.15, -0.1) is 12.4 Å². The van der Waals surface area contributed by atoms with Gasteiger partial charge in [0.2, 0.25) is 5.91 Å². The lowest BCUT2D eigenvalue weighted by Crippen LogP contribution is -2.10. The Morgan fingerprint density at radius 1 is 1.07 bits per heavy atom. The average molecular weight is 386 g/mol. The van der Waals surface area contributed by atoms with Crippen molar-refractivity contribution in [2.45, 2.75) is 6.42 Å². The highest BCUT2D eigenvalue weighted by Gasteiger charge is 2.11. The lowest BCUT2D eigenvalue weighted by Gasteiger charge is -2.07. The molecule has 4 nitrogen and oxygen atoms in total. The van der Waals surface area contributed by atoms with Crippen molar-refractivity contribution < 1.29 is 13.6 Å². The molecule has 0 atom stereocenters. The molecule has 0 bridgehead atoms. The number of rotatable bonds is 4. The van der Waals surface area contributed by atoms with E-state index in [1.165, 1.54) is 6.07 Å². The maximum absolute atomic E-state index is 13.6. The van der Waals surface area contributed by atoms with E-state index in [-0.39, 0.29) is 18.0 Å². The molecule has 2 aromatic carbocycles. The summed E-state index contributed by atoms with van der Waals surface area (Å²) in [5, 5.41) is 8.89. The fourth-order valence-corrected chi connectivity index (χ4v) is 2.61. The summed E-state index contributed by atoms with van der Waals surface area (Å²) in [7, 11) is 0. The number of nitrogens with zero attached hydrogens (tertiary/aromatic N) is 2. The minimum absolute atomic E-state index is 0. The number of carbonyl (C=O) groups excluding carboxylic acids is 1. The molecule has 7 heteroatoms. The van der Waals surface area contributed by atoms with Gasteiger partial charge in [-0.05, 0) is 53.9 Å². The number of pyridine rings is 1. The third-order valence-corrected chi connectivity index (χ3v) is 3.91. The quantitative estimate of drug-likeness (QED) is 0.736. The Kier molecular flexibility index (Phi) is 6.22. The van der Waals surface area contributed by atoms with Crippen LogP contribution in [0.5, 0.6) is 0 Å². The zero-order chi connectivity index (χ0) is 18.7. The van der Waals surface area contributed by atoms with Gasteiger partial charge in [-0.3, -0.25) is 9.78 Å². The van der Waals surface area contributed by atoms with Crippen molar-refractivity contribution in [1.82, 2.24) is 4.98 Å². The Morgan fingerprint density at radius 3 is 2.41 bits per heavy atom. The van der Waals surface area contributed by atoms with E-state index >= 15 is 0 Å². The number of benzene rings is 2. The number of halogens is 3. The number of primary amides is 1. The molecule has 0 unspecified atom stereocenters. The molecule has 0 radical (unpaired) electrons. The molecule has 0 spiro atoms. The van der Waals surface area contributed by atoms with Crippen LogP contribution < -0.4 is 5.73 Å². The van der Waals surface area contributed by atoms with Crippen LogP contribution in [0, 0.1) is 23.0 Å². The fourth-order valence-electron chi connectivity index (χ4n) is 2.61. The summed E-state index contributed by atoms with van der Waals surface area (Å²) in [5.41, 5.74) is 8.07. The van der Waals surface area contributed by atoms with Crippen molar-refractivity contribution >= 4 is 18.3 Å². The highest BCUT2D eigenvalue weighted by Crippen LogP contribution is 2.21. The Labute approximate surface area is 160 Å². The molecule has 1 amide bonds.